The molecular weight excluding hydrogens is 302 g/mol. The topological polar surface area (TPSA) is 73.2 Å². The van der Waals surface area contributed by atoms with Gasteiger partial charge in [-0.05, 0) is 32.0 Å². The predicted molar refractivity (Wildman–Crippen MR) is 83.4 cm³/mol. The molecule has 1 fully saturated rings. The number of aromatic nitrogens is 2. The van der Waals surface area contributed by atoms with Crippen LogP contribution in [0.1, 0.15) is 26.3 Å². The van der Waals surface area contributed by atoms with Crippen LogP contribution in [0.15, 0.2) is 29.1 Å². The summed E-state index contributed by atoms with van der Waals surface area (Å²) in [5.41, 5.74) is 0.567. The van der Waals surface area contributed by atoms with E-state index in [1.54, 1.807) is 12.1 Å². The van der Waals surface area contributed by atoms with Crippen LogP contribution in [0, 0.1) is 13.8 Å². The van der Waals surface area contributed by atoms with Crippen molar-refractivity contribution < 1.29 is 9.53 Å². The molecule has 1 N–H and O–H groups in total. The van der Waals surface area contributed by atoms with Gasteiger partial charge in [-0.3, -0.25) is 9.59 Å². The number of hydrogen-bond acceptors (Lipinski definition) is 5. The van der Waals surface area contributed by atoms with Crippen molar-refractivity contribution in [3.63, 3.8) is 0 Å². The Morgan fingerprint density at radius 3 is 2.86 bits per heavy atom. The second-order valence-corrected chi connectivity index (χ2v) is 6.64. The molecule has 6 nitrogen and oxygen atoms in total. The van der Waals surface area contributed by atoms with E-state index >= 15 is 0 Å². The second kappa shape index (κ2) is 6.02. The molecule has 2 aromatic rings. The van der Waals surface area contributed by atoms with E-state index in [1.807, 2.05) is 19.9 Å². The number of hydrogen-bond donors (Lipinski definition) is 1. The maximum atomic E-state index is 12.3. The lowest BCUT2D eigenvalue weighted by Gasteiger charge is -2.20. The van der Waals surface area contributed by atoms with E-state index in [-0.39, 0.29) is 23.6 Å². The van der Waals surface area contributed by atoms with E-state index in [1.165, 1.54) is 22.1 Å². The van der Waals surface area contributed by atoms with Gasteiger partial charge < -0.3 is 10.1 Å². The first-order chi connectivity index (χ1) is 10.5. The minimum absolute atomic E-state index is 0.140. The number of nitrogens with zero attached hydrogens (tertiary/aromatic N) is 2. The molecule has 1 saturated heterocycles. The van der Waals surface area contributed by atoms with Gasteiger partial charge in [-0.25, -0.2) is 4.68 Å². The molecule has 0 saturated carbocycles. The van der Waals surface area contributed by atoms with Gasteiger partial charge in [0, 0.05) is 10.9 Å². The van der Waals surface area contributed by atoms with Crippen LogP contribution in [0.5, 0.6) is 0 Å². The monoisotopic (exact) mass is 319 g/mol. The van der Waals surface area contributed by atoms with Gasteiger partial charge in [-0.15, -0.1) is 11.3 Å². The highest BCUT2D eigenvalue weighted by molar-refractivity contribution is 7.13. The summed E-state index contributed by atoms with van der Waals surface area (Å²) in [6.45, 7) is 4.53. The Hall–Kier alpha value is -1.99. The smallest absolute Gasteiger partial charge is 0.267 e. The van der Waals surface area contributed by atoms with Gasteiger partial charge in [0.1, 0.15) is 6.04 Å². The van der Waals surface area contributed by atoms with Crippen molar-refractivity contribution in [3.05, 3.63) is 50.1 Å². The summed E-state index contributed by atoms with van der Waals surface area (Å²) in [6, 6.07) is 6.34. The Kier molecular flexibility index (Phi) is 4.08. The van der Waals surface area contributed by atoms with E-state index in [0.717, 1.165) is 10.6 Å². The Bertz CT molecular complexity index is 752. The van der Waals surface area contributed by atoms with Gasteiger partial charge in [0.15, 0.2) is 0 Å². The molecule has 2 unspecified atom stereocenters. The molecular formula is C15H17N3O3S. The highest BCUT2D eigenvalue weighted by Crippen LogP contribution is 2.20. The summed E-state index contributed by atoms with van der Waals surface area (Å²) in [7, 11) is 0. The highest BCUT2D eigenvalue weighted by atomic mass is 32.1. The summed E-state index contributed by atoms with van der Waals surface area (Å²) >= 11 is 1.44. The third-order valence-corrected chi connectivity index (χ3v) is 4.60. The van der Waals surface area contributed by atoms with Gasteiger partial charge in [-0.2, -0.15) is 5.10 Å². The van der Waals surface area contributed by atoms with Crippen molar-refractivity contribution in [2.45, 2.75) is 25.9 Å². The Labute approximate surface area is 131 Å². The number of ether oxygens (including phenoxy) is 1. The third kappa shape index (κ3) is 2.95. The molecule has 1 aliphatic heterocycles. The first-order valence-electron chi connectivity index (χ1n) is 7.06. The van der Waals surface area contributed by atoms with Crippen molar-refractivity contribution in [2.75, 3.05) is 13.2 Å². The first kappa shape index (κ1) is 14.9. The zero-order chi connectivity index (χ0) is 15.7. The summed E-state index contributed by atoms with van der Waals surface area (Å²) in [5.74, 6) is -0.140. The van der Waals surface area contributed by atoms with Crippen molar-refractivity contribution in [1.29, 1.82) is 0 Å². The van der Waals surface area contributed by atoms with Crippen molar-refractivity contribution in [3.8, 4) is 0 Å². The van der Waals surface area contributed by atoms with Crippen LogP contribution in [-0.2, 0) is 4.74 Å². The number of nitrogens with one attached hydrogen (secondary N) is 1. The largest absolute Gasteiger partial charge is 0.377 e. The number of carbonyl (C=O) groups excluding carboxylic acids is 1. The normalized spacial score (nSPS) is 21.0. The molecule has 1 amide bonds. The fourth-order valence-corrected chi connectivity index (χ4v) is 3.25. The van der Waals surface area contributed by atoms with Gasteiger partial charge in [0.25, 0.3) is 11.5 Å². The van der Waals surface area contributed by atoms with Crippen LogP contribution >= 0.6 is 11.3 Å². The number of rotatable bonds is 3. The number of aryl methyl sites for hydroxylation is 2. The van der Waals surface area contributed by atoms with Gasteiger partial charge in [-0.1, -0.05) is 0 Å². The average molecular weight is 319 g/mol. The minimum Gasteiger partial charge on any atom is -0.377 e. The van der Waals surface area contributed by atoms with Crippen LogP contribution < -0.4 is 10.9 Å². The van der Waals surface area contributed by atoms with Gasteiger partial charge in [0.2, 0.25) is 0 Å². The van der Waals surface area contributed by atoms with E-state index in [0.29, 0.717) is 18.1 Å². The first-order valence-corrected chi connectivity index (χ1v) is 7.88. The molecule has 0 aromatic carbocycles. The third-order valence-electron chi connectivity index (χ3n) is 3.60. The molecule has 0 aliphatic carbocycles. The van der Waals surface area contributed by atoms with Crippen LogP contribution in [0.4, 0.5) is 0 Å². The van der Waals surface area contributed by atoms with E-state index in [9.17, 15) is 9.59 Å². The molecule has 22 heavy (non-hydrogen) atoms. The minimum atomic E-state index is -0.280. The molecule has 0 spiro atoms. The summed E-state index contributed by atoms with van der Waals surface area (Å²) < 4.78 is 6.86. The van der Waals surface area contributed by atoms with Gasteiger partial charge >= 0.3 is 0 Å². The SMILES string of the molecule is Cc1ccc(=O)n(C2COCC2NC(=O)c2ccc(C)s2)n1. The zero-order valence-corrected chi connectivity index (χ0v) is 13.2. The fourth-order valence-electron chi connectivity index (χ4n) is 2.48. The van der Waals surface area contributed by atoms with Gasteiger partial charge in [0.05, 0.1) is 29.8 Å². The molecule has 3 heterocycles. The fraction of sp³-hybridized carbons (Fsp3) is 0.400. The second-order valence-electron chi connectivity index (χ2n) is 5.35. The number of thiophene rings is 1. The summed E-state index contributed by atoms with van der Waals surface area (Å²) in [4.78, 5) is 26.0. The van der Waals surface area contributed by atoms with Crippen LogP contribution in [0.2, 0.25) is 0 Å². The lowest BCUT2D eigenvalue weighted by Crippen LogP contribution is -2.43. The summed E-state index contributed by atoms with van der Waals surface area (Å²) in [5, 5.41) is 7.22. The standard InChI is InChI=1S/C15H17N3O3S/c1-9-3-6-14(19)18(17-9)12-8-21-7-11(12)16-15(20)13-5-4-10(2)22-13/h3-6,11-12H,7-8H2,1-2H3,(H,16,20). The average Bonchev–Trinajstić information content (AvgIpc) is 3.10. The molecule has 0 bridgehead atoms. The molecule has 0 radical (unpaired) electrons. The van der Waals surface area contributed by atoms with E-state index in [2.05, 4.69) is 10.4 Å². The lowest BCUT2D eigenvalue weighted by atomic mass is 10.1. The van der Waals surface area contributed by atoms with Crippen molar-refractivity contribution in [2.24, 2.45) is 0 Å². The van der Waals surface area contributed by atoms with Crippen molar-refractivity contribution >= 4 is 17.2 Å². The highest BCUT2D eigenvalue weighted by Gasteiger charge is 2.32. The predicted octanol–water partition coefficient (Wildman–Crippen LogP) is 1.29. The molecule has 116 valence electrons. The van der Waals surface area contributed by atoms with Crippen LogP contribution in [0.3, 0.4) is 0 Å². The quantitative estimate of drug-likeness (QED) is 0.925. The zero-order valence-electron chi connectivity index (χ0n) is 12.4. The Balaban J connectivity index is 1.80. The summed E-state index contributed by atoms with van der Waals surface area (Å²) in [6.07, 6.45) is 0. The molecule has 2 aromatic heterocycles. The maximum absolute atomic E-state index is 12.3. The Morgan fingerprint density at radius 1 is 1.32 bits per heavy atom. The van der Waals surface area contributed by atoms with Crippen molar-refractivity contribution in [1.82, 2.24) is 15.1 Å². The molecule has 1 aliphatic rings. The van der Waals surface area contributed by atoms with E-state index in [4.69, 9.17) is 4.74 Å². The number of amides is 1. The maximum Gasteiger partial charge on any atom is 0.267 e. The molecule has 2 atom stereocenters. The number of carbonyl (C=O) groups is 1. The lowest BCUT2D eigenvalue weighted by molar-refractivity contribution is 0.0929. The Morgan fingerprint density at radius 2 is 2.14 bits per heavy atom. The van der Waals surface area contributed by atoms with Crippen LogP contribution in [0.25, 0.3) is 0 Å². The van der Waals surface area contributed by atoms with E-state index < -0.39 is 0 Å². The molecule has 3 rings (SSSR count). The van der Waals surface area contributed by atoms with Crippen LogP contribution in [-0.4, -0.2) is 34.9 Å². The molecule has 7 heteroatoms.